The molecule has 0 unspecified atom stereocenters. The number of aliphatic hydroxyl groups excluding tert-OH is 1. The van der Waals surface area contributed by atoms with Crippen molar-refractivity contribution in [1.29, 1.82) is 0 Å². The maximum atomic E-state index is 13.7. The first kappa shape index (κ1) is 22.5. The summed E-state index contributed by atoms with van der Waals surface area (Å²) < 4.78 is 6.71. The molecule has 0 fully saturated rings. The number of hydrogen-bond acceptors (Lipinski definition) is 6. The van der Waals surface area contributed by atoms with Gasteiger partial charge in [0.2, 0.25) is 5.78 Å². The van der Waals surface area contributed by atoms with E-state index in [9.17, 15) is 14.7 Å². The van der Waals surface area contributed by atoms with E-state index in [2.05, 4.69) is 0 Å². The van der Waals surface area contributed by atoms with Crippen LogP contribution in [0.3, 0.4) is 0 Å². The number of rotatable bonds is 4. The van der Waals surface area contributed by atoms with Gasteiger partial charge in [-0.15, -0.1) is 0 Å². The lowest BCUT2D eigenvalue weighted by Gasteiger charge is -2.24. The van der Waals surface area contributed by atoms with E-state index in [4.69, 9.17) is 21.0 Å². The lowest BCUT2D eigenvalue weighted by Crippen LogP contribution is -2.30. The van der Waals surface area contributed by atoms with E-state index in [0.29, 0.717) is 21.3 Å². The van der Waals surface area contributed by atoms with Gasteiger partial charge in [-0.25, -0.2) is 4.98 Å². The van der Waals surface area contributed by atoms with Crippen LogP contribution in [0.5, 0.6) is 0 Å². The number of para-hydroxylation sites is 1. The number of nitrogens with zero attached hydrogens (tertiary/aromatic N) is 2. The number of thiazole rings is 1. The molecule has 3 aromatic carbocycles. The van der Waals surface area contributed by atoms with Gasteiger partial charge in [0, 0.05) is 10.4 Å². The molecule has 1 atom stereocenters. The van der Waals surface area contributed by atoms with E-state index in [1.165, 1.54) is 16.2 Å². The molecule has 1 amide bonds. The SMILES string of the molecule is Cc1cc(C)c2nc(N3C(=O)C(O)=C(C(=O)c4cc5ccccc5o4)[C@@H]3c3ccc(Cl)cc3)sc2c1. The monoisotopic (exact) mass is 514 g/mol. The summed E-state index contributed by atoms with van der Waals surface area (Å²) in [6.45, 7) is 3.97. The summed E-state index contributed by atoms with van der Waals surface area (Å²) in [4.78, 5) is 33.3. The molecule has 5 aromatic rings. The molecule has 0 radical (unpaired) electrons. The number of halogens is 1. The first-order valence-electron chi connectivity index (χ1n) is 11.2. The third-order valence-corrected chi connectivity index (χ3v) is 7.57. The second-order valence-electron chi connectivity index (χ2n) is 8.79. The van der Waals surface area contributed by atoms with Crippen molar-refractivity contribution in [1.82, 2.24) is 4.98 Å². The molecule has 0 saturated carbocycles. The number of amides is 1. The summed E-state index contributed by atoms with van der Waals surface area (Å²) in [5, 5.41) is 12.7. The molecule has 0 aliphatic carbocycles. The van der Waals surface area contributed by atoms with Crippen molar-refractivity contribution in [3.8, 4) is 0 Å². The van der Waals surface area contributed by atoms with Gasteiger partial charge in [-0.3, -0.25) is 14.5 Å². The summed E-state index contributed by atoms with van der Waals surface area (Å²) in [6, 6.07) is 18.8. The average molecular weight is 515 g/mol. The van der Waals surface area contributed by atoms with Crippen LogP contribution in [0, 0.1) is 13.8 Å². The molecule has 0 saturated heterocycles. The van der Waals surface area contributed by atoms with Crippen molar-refractivity contribution >= 4 is 60.9 Å². The van der Waals surface area contributed by atoms with Gasteiger partial charge in [0.25, 0.3) is 5.91 Å². The number of furan rings is 1. The molecule has 8 heteroatoms. The summed E-state index contributed by atoms with van der Waals surface area (Å²) in [5.41, 5.74) is 3.94. The van der Waals surface area contributed by atoms with E-state index >= 15 is 0 Å². The number of hydrogen-bond donors (Lipinski definition) is 1. The van der Waals surface area contributed by atoms with E-state index in [0.717, 1.165) is 26.7 Å². The minimum atomic E-state index is -0.905. The standard InChI is InChI=1S/C28H19ClN2O4S/c1-14-11-15(2)23-21(12-14)36-28(30-23)31-24(16-7-9-18(29)10-8-16)22(26(33)27(31)34)25(32)20-13-17-5-3-4-6-19(17)35-20/h3-13,24,33H,1-2H3/t24-/m0/s1. The quantitative estimate of drug-likeness (QED) is 0.259. The number of aliphatic hydroxyl groups is 1. The lowest BCUT2D eigenvalue weighted by molar-refractivity contribution is -0.117. The fourth-order valence-corrected chi connectivity index (χ4v) is 5.98. The predicted molar refractivity (Wildman–Crippen MR) is 141 cm³/mol. The summed E-state index contributed by atoms with van der Waals surface area (Å²) in [6.07, 6.45) is 0. The molecule has 1 aliphatic rings. The number of fused-ring (bicyclic) bond motifs is 2. The Morgan fingerprint density at radius 3 is 2.58 bits per heavy atom. The molecule has 36 heavy (non-hydrogen) atoms. The molecule has 2 aromatic heterocycles. The van der Waals surface area contributed by atoms with Crippen LogP contribution in [0.1, 0.15) is 33.3 Å². The zero-order valence-corrected chi connectivity index (χ0v) is 20.9. The molecule has 3 heterocycles. The minimum absolute atomic E-state index is 0.0436. The van der Waals surface area contributed by atoms with E-state index in [1.807, 2.05) is 44.2 Å². The van der Waals surface area contributed by atoms with Gasteiger partial charge in [-0.2, -0.15) is 0 Å². The minimum Gasteiger partial charge on any atom is -0.503 e. The van der Waals surface area contributed by atoms with Gasteiger partial charge in [-0.05, 0) is 60.9 Å². The number of ketones is 1. The Labute approximate surface area is 215 Å². The van der Waals surface area contributed by atoms with Gasteiger partial charge < -0.3 is 9.52 Å². The number of carbonyl (C=O) groups excluding carboxylic acids is 2. The van der Waals surface area contributed by atoms with E-state index in [1.54, 1.807) is 36.4 Å². The van der Waals surface area contributed by atoms with Crippen LogP contribution >= 0.6 is 22.9 Å². The molecular weight excluding hydrogens is 496 g/mol. The number of aromatic nitrogens is 1. The van der Waals surface area contributed by atoms with Crippen molar-refractivity contribution < 1.29 is 19.1 Å². The number of benzene rings is 3. The largest absolute Gasteiger partial charge is 0.503 e. The van der Waals surface area contributed by atoms with Gasteiger partial charge in [0.15, 0.2) is 16.7 Å². The predicted octanol–water partition coefficient (Wildman–Crippen LogP) is 7.10. The zero-order chi connectivity index (χ0) is 25.1. The highest BCUT2D eigenvalue weighted by atomic mass is 35.5. The fraction of sp³-hybridized carbons (Fsp3) is 0.107. The van der Waals surface area contributed by atoms with Crippen LogP contribution in [0.4, 0.5) is 5.13 Å². The van der Waals surface area contributed by atoms with Crippen molar-refractivity contribution in [3.63, 3.8) is 0 Å². The second-order valence-corrected chi connectivity index (χ2v) is 10.2. The molecule has 0 bridgehead atoms. The highest BCUT2D eigenvalue weighted by molar-refractivity contribution is 7.22. The van der Waals surface area contributed by atoms with Gasteiger partial charge >= 0.3 is 0 Å². The Kier molecular flexibility index (Phi) is 5.21. The molecule has 6 rings (SSSR count). The van der Waals surface area contributed by atoms with Crippen molar-refractivity contribution in [2.24, 2.45) is 0 Å². The number of carbonyl (C=O) groups is 2. The van der Waals surface area contributed by atoms with Crippen LogP contribution in [0.2, 0.25) is 5.02 Å². The smallest absolute Gasteiger partial charge is 0.296 e. The Morgan fingerprint density at radius 2 is 1.83 bits per heavy atom. The topological polar surface area (TPSA) is 83.6 Å². The maximum Gasteiger partial charge on any atom is 0.296 e. The first-order valence-corrected chi connectivity index (χ1v) is 12.4. The highest BCUT2D eigenvalue weighted by Gasteiger charge is 2.46. The fourth-order valence-electron chi connectivity index (χ4n) is 4.68. The van der Waals surface area contributed by atoms with Gasteiger partial charge in [0.05, 0.1) is 21.8 Å². The van der Waals surface area contributed by atoms with E-state index < -0.39 is 23.5 Å². The molecule has 0 spiro atoms. The van der Waals surface area contributed by atoms with E-state index in [-0.39, 0.29) is 11.3 Å². The van der Waals surface area contributed by atoms with Crippen molar-refractivity contribution in [2.45, 2.75) is 19.9 Å². The maximum absolute atomic E-state index is 13.7. The van der Waals surface area contributed by atoms with Crippen LogP contribution < -0.4 is 4.90 Å². The number of Topliss-reactive ketones (excluding diaryl/α,β-unsaturated/α-hetero) is 1. The third-order valence-electron chi connectivity index (χ3n) is 6.31. The number of aryl methyl sites for hydroxylation is 2. The lowest BCUT2D eigenvalue weighted by atomic mass is 9.95. The summed E-state index contributed by atoms with van der Waals surface area (Å²) >= 11 is 7.46. The molecule has 178 valence electrons. The zero-order valence-electron chi connectivity index (χ0n) is 19.3. The average Bonchev–Trinajstić information content (AvgIpc) is 3.54. The van der Waals surface area contributed by atoms with Crippen molar-refractivity contribution in [2.75, 3.05) is 4.90 Å². The van der Waals surface area contributed by atoms with Crippen LogP contribution in [-0.2, 0) is 4.79 Å². The summed E-state index contributed by atoms with van der Waals surface area (Å²) in [7, 11) is 0. The summed E-state index contributed by atoms with van der Waals surface area (Å²) in [5.74, 6) is -1.83. The normalized spacial score (nSPS) is 16.0. The molecule has 1 aliphatic heterocycles. The Hall–Kier alpha value is -3.94. The Morgan fingerprint density at radius 1 is 1.08 bits per heavy atom. The highest BCUT2D eigenvalue weighted by Crippen LogP contribution is 2.45. The van der Waals surface area contributed by atoms with Crippen LogP contribution in [-0.4, -0.2) is 21.8 Å². The Balaban J connectivity index is 1.52. The second kappa shape index (κ2) is 8.33. The third kappa shape index (κ3) is 3.51. The van der Waals surface area contributed by atoms with Crippen molar-refractivity contribution in [3.05, 3.63) is 106 Å². The molecular formula is C28H19ClN2O4S. The Bertz CT molecular complexity index is 1700. The van der Waals surface area contributed by atoms with Gasteiger partial charge in [0.1, 0.15) is 5.58 Å². The molecule has 6 nitrogen and oxygen atoms in total. The molecule has 1 N–H and O–H groups in total. The first-order chi connectivity index (χ1) is 17.3. The van der Waals surface area contributed by atoms with Gasteiger partial charge in [-0.1, -0.05) is 59.3 Å². The van der Waals surface area contributed by atoms with Crippen LogP contribution in [0.25, 0.3) is 21.2 Å². The number of anilines is 1. The van der Waals surface area contributed by atoms with Crippen LogP contribution in [0.15, 0.2) is 82.5 Å².